The molecule has 1 amide bonds. The Morgan fingerprint density at radius 1 is 1.04 bits per heavy atom. The molecule has 2 N–H and O–H groups in total. The van der Waals surface area contributed by atoms with E-state index in [-0.39, 0.29) is 18.0 Å². The van der Waals surface area contributed by atoms with Crippen molar-refractivity contribution >= 4 is 17.7 Å². The van der Waals surface area contributed by atoms with Crippen molar-refractivity contribution in [3.63, 3.8) is 0 Å². The zero-order valence-electron chi connectivity index (χ0n) is 13.8. The van der Waals surface area contributed by atoms with Crippen molar-refractivity contribution < 1.29 is 24.2 Å². The fourth-order valence-electron chi connectivity index (χ4n) is 2.22. The summed E-state index contributed by atoms with van der Waals surface area (Å²) in [6.07, 6.45) is 0.412. The molecule has 1 unspecified atom stereocenters. The van der Waals surface area contributed by atoms with Gasteiger partial charge in [-0.25, -0.2) is 4.79 Å². The molecule has 1 atom stereocenters. The maximum absolute atomic E-state index is 12.0. The summed E-state index contributed by atoms with van der Waals surface area (Å²) in [5.74, 6) is -1.21. The molecule has 0 bridgehead atoms. The van der Waals surface area contributed by atoms with E-state index in [0.717, 1.165) is 5.56 Å². The molecule has 2 rings (SSSR count). The molecular formula is C19H19NO5. The highest BCUT2D eigenvalue weighted by atomic mass is 16.5. The molecule has 0 aromatic heterocycles. The monoisotopic (exact) mass is 341 g/mol. The first-order valence-corrected chi connectivity index (χ1v) is 7.75. The number of hydrogen-bond donors (Lipinski definition) is 2. The minimum absolute atomic E-state index is 0.135. The number of nitrogens with one attached hydrogen (secondary N) is 1. The average Bonchev–Trinajstić information content (AvgIpc) is 2.60. The van der Waals surface area contributed by atoms with Crippen LogP contribution in [0.1, 0.15) is 22.8 Å². The molecule has 0 fully saturated rings. The van der Waals surface area contributed by atoms with E-state index >= 15 is 0 Å². The van der Waals surface area contributed by atoms with Crippen LogP contribution in [-0.2, 0) is 16.0 Å². The zero-order valence-corrected chi connectivity index (χ0v) is 13.8. The SMILES string of the molecule is CC(=O)C(Cc1ccccc1)NC(=O)COc1ccc(C(=O)O)cc1. The smallest absolute Gasteiger partial charge is 0.335 e. The van der Waals surface area contributed by atoms with Crippen LogP contribution in [0.15, 0.2) is 54.6 Å². The summed E-state index contributed by atoms with van der Waals surface area (Å²) in [5, 5.41) is 11.5. The Hall–Kier alpha value is -3.15. The molecule has 2 aromatic rings. The molecule has 0 aliphatic carbocycles. The van der Waals surface area contributed by atoms with Crippen LogP contribution in [0.25, 0.3) is 0 Å². The number of benzene rings is 2. The Kier molecular flexibility index (Phi) is 6.28. The van der Waals surface area contributed by atoms with E-state index in [1.54, 1.807) is 0 Å². The highest BCUT2D eigenvalue weighted by Gasteiger charge is 2.17. The maximum atomic E-state index is 12.0. The third-order valence-electron chi connectivity index (χ3n) is 3.58. The largest absolute Gasteiger partial charge is 0.484 e. The predicted molar refractivity (Wildman–Crippen MR) is 91.7 cm³/mol. The van der Waals surface area contributed by atoms with Gasteiger partial charge < -0.3 is 15.2 Å². The van der Waals surface area contributed by atoms with Gasteiger partial charge in [0.15, 0.2) is 12.4 Å². The van der Waals surface area contributed by atoms with Gasteiger partial charge in [-0.15, -0.1) is 0 Å². The van der Waals surface area contributed by atoms with Crippen LogP contribution < -0.4 is 10.1 Å². The molecule has 2 aromatic carbocycles. The van der Waals surface area contributed by atoms with Crippen LogP contribution in [0.2, 0.25) is 0 Å². The third-order valence-corrected chi connectivity index (χ3v) is 3.58. The van der Waals surface area contributed by atoms with Crippen molar-refractivity contribution in [1.29, 1.82) is 0 Å². The fraction of sp³-hybridized carbons (Fsp3) is 0.211. The summed E-state index contributed by atoms with van der Waals surface area (Å²) in [6.45, 7) is 1.17. The average molecular weight is 341 g/mol. The van der Waals surface area contributed by atoms with Crippen molar-refractivity contribution in [2.75, 3.05) is 6.61 Å². The van der Waals surface area contributed by atoms with Crippen LogP contribution in [0, 0.1) is 0 Å². The van der Waals surface area contributed by atoms with Gasteiger partial charge in [-0.2, -0.15) is 0 Å². The number of rotatable bonds is 8. The number of carbonyl (C=O) groups excluding carboxylic acids is 2. The Bertz CT molecular complexity index is 740. The lowest BCUT2D eigenvalue weighted by Gasteiger charge is -2.16. The van der Waals surface area contributed by atoms with Gasteiger partial charge in [0.25, 0.3) is 5.91 Å². The van der Waals surface area contributed by atoms with E-state index in [1.165, 1.54) is 31.2 Å². The Morgan fingerprint density at radius 3 is 2.24 bits per heavy atom. The van der Waals surface area contributed by atoms with Crippen molar-refractivity contribution in [2.45, 2.75) is 19.4 Å². The Morgan fingerprint density at radius 2 is 1.68 bits per heavy atom. The van der Waals surface area contributed by atoms with Crippen LogP contribution in [-0.4, -0.2) is 35.4 Å². The molecule has 6 nitrogen and oxygen atoms in total. The number of Topliss-reactive ketones (excluding diaryl/α,β-unsaturated/α-hetero) is 1. The van der Waals surface area contributed by atoms with E-state index in [2.05, 4.69) is 5.32 Å². The summed E-state index contributed by atoms with van der Waals surface area (Å²) in [6, 6.07) is 14.5. The Balaban J connectivity index is 1.88. The molecule has 0 aliphatic rings. The van der Waals surface area contributed by atoms with Gasteiger partial charge in [0.05, 0.1) is 11.6 Å². The van der Waals surface area contributed by atoms with E-state index in [1.807, 2.05) is 30.3 Å². The minimum atomic E-state index is -1.03. The topological polar surface area (TPSA) is 92.7 Å². The summed E-state index contributed by atoms with van der Waals surface area (Å²) < 4.78 is 5.32. The van der Waals surface area contributed by atoms with Gasteiger partial charge in [-0.3, -0.25) is 9.59 Å². The van der Waals surface area contributed by atoms with E-state index in [9.17, 15) is 14.4 Å². The van der Waals surface area contributed by atoms with Crippen molar-refractivity contribution in [1.82, 2.24) is 5.32 Å². The number of carboxylic acid groups (broad SMARTS) is 1. The summed E-state index contributed by atoms with van der Waals surface area (Å²) in [5.41, 5.74) is 1.09. The number of hydrogen-bond acceptors (Lipinski definition) is 4. The van der Waals surface area contributed by atoms with Crippen molar-refractivity contribution in [3.8, 4) is 5.75 Å². The number of ketones is 1. The lowest BCUT2D eigenvalue weighted by Crippen LogP contribution is -2.43. The van der Waals surface area contributed by atoms with Gasteiger partial charge >= 0.3 is 5.97 Å². The second-order valence-corrected chi connectivity index (χ2v) is 5.54. The van der Waals surface area contributed by atoms with Crippen LogP contribution in [0.4, 0.5) is 0 Å². The third kappa shape index (κ3) is 5.76. The zero-order chi connectivity index (χ0) is 18.2. The highest BCUT2D eigenvalue weighted by Crippen LogP contribution is 2.12. The number of aromatic carboxylic acids is 1. The molecule has 130 valence electrons. The molecule has 0 radical (unpaired) electrons. The quantitative estimate of drug-likeness (QED) is 0.767. The predicted octanol–water partition coefficient (Wildman–Crippen LogP) is 2.08. The second kappa shape index (κ2) is 8.63. The lowest BCUT2D eigenvalue weighted by molar-refractivity contribution is -0.128. The van der Waals surface area contributed by atoms with E-state index in [4.69, 9.17) is 9.84 Å². The second-order valence-electron chi connectivity index (χ2n) is 5.54. The molecule has 25 heavy (non-hydrogen) atoms. The summed E-state index contributed by atoms with van der Waals surface area (Å²) in [7, 11) is 0. The van der Waals surface area contributed by atoms with Crippen molar-refractivity contribution in [3.05, 3.63) is 65.7 Å². The van der Waals surface area contributed by atoms with Crippen LogP contribution in [0.3, 0.4) is 0 Å². The first-order valence-electron chi connectivity index (χ1n) is 7.75. The molecule has 0 saturated carbocycles. The number of amides is 1. The first-order chi connectivity index (χ1) is 12.0. The minimum Gasteiger partial charge on any atom is -0.484 e. The van der Waals surface area contributed by atoms with Gasteiger partial charge in [-0.1, -0.05) is 30.3 Å². The van der Waals surface area contributed by atoms with Gasteiger partial charge in [-0.05, 0) is 43.2 Å². The van der Waals surface area contributed by atoms with Crippen LogP contribution in [0.5, 0.6) is 5.75 Å². The van der Waals surface area contributed by atoms with Gasteiger partial charge in [0.2, 0.25) is 0 Å². The fourth-order valence-corrected chi connectivity index (χ4v) is 2.22. The van der Waals surface area contributed by atoms with Crippen LogP contribution >= 0.6 is 0 Å². The van der Waals surface area contributed by atoms with E-state index in [0.29, 0.717) is 12.2 Å². The summed E-state index contributed by atoms with van der Waals surface area (Å²) in [4.78, 5) is 34.5. The maximum Gasteiger partial charge on any atom is 0.335 e. The molecule has 0 saturated heterocycles. The number of carbonyl (C=O) groups is 3. The molecule has 0 heterocycles. The lowest BCUT2D eigenvalue weighted by atomic mass is 10.0. The molecule has 6 heteroatoms. The number of carboxylic acids is 1. The van der Waals surface area contributed by atoms with Crippen molar-refractivity contribution in [2.24, 2.45) is 0 Å². The summed E-state index contributed by atoms with van der Waals surface area (Å²) >= 11 is 0. The first kappa shape index (κ1) is 18.2. The molecular weight excluding hydrogens is 322 g/mol. The Labute approximate surface area is 145 Å². The van der Waals surface area contributed by atoms with Gasteiger partial charge in [0.1, 0.15) is 5.75 Å². The molecule has 0 spiro atoms. The van der Waals surface area contributed by atoms with E-state index < -0.39 is 17.9 Å². The number of ether oxygens (including phenoxy) is 1. The molecule has 0 aliphatic heterocycles. The normalized spacial score (nSPS) is 11.4. The van der Waals surface area contributed by atoms with Gasteiger partial charge in [0, 0.05) is 0 Å². The standard InChI is InChI=1S/C19H19NO5/c1-13(21)17(11-14-5-3-2-4-6-14)20-18(22)12-25-16-9-7-15(8-10-16)19(23)24/h2-10,17H,11-12H2,1H3,(H,20,22)(H,23,24). The highest BCUT2D eigenvalue weighted by molar-refractivity contribution is 5.88.